The number of hydrogen-bond acceptors (Lipinski definition) is 6. The van der Waals surface area contributed by atoms with Gasteiger partial charge in [-0.05, 0) is 25.3 Å². The van der Waals surface area contributed by atoms with Gasteiger partial charge in [-0.1, -0.05) is 0 Å². The van der Waals surface area contributed by atoms with Crippen LogP contribution in [0.25, 0.3) is 0 Å². The Morgan fingerprint density at radius 2 is 2.33 bits per heavy atom. The number of aromatic nitrogens is 2. The fraction of sp³-hybridized carbons (Fsp3) is 0.636. The third-order valence-electron chi connectivity index (χ3n) is 2.62. The summed E-state index contributed by atoms with van der Waals surface area (Å²) in [6, 6.07) is 1.64. The second-order valence-corrected chi connectivity index (χ2v) is 5.87. The maximum atomic E-state index is 10.9. The lowest BCUT2D eigenvalue weighted by Gasteiger charge is -2.21. The molecule has 1 aromatic heterocycles. The Kier molecular flexibility index (Phi) is 4.26. The lowest BCUT2D eigenvalue weighted by Crippen LogP contribution is -2.15. The van der Waals surface area contributed by atoms with Gasteiger partial charge >= 0.3 is 0 Å². The summed E-state index contributed by atoms with van der Waals surface area (Å²) in [5.74, 6) is 0.601. The number of ether oxygens (including phenoxy) is 1. The van der Waals surface area contributed by atoms with Gasteiger partial charge in [0.25, 0.3) is 10.1 Å². The summed E-state index contributed by atoms with van der Waals surface area (Å²) in [7, 11) is -3.45. The van der Waals surface area contributed by atoms with Gasteiger partial charge in [-0.15, -0.1) is 0 Å². The quantitative estimate of drug-likeness (QED) is 0.766. The van der Waals surface area contributed by atoms with Gasteiger partial charge in [0.05, 0.1) is 11.9 Å². The van der Waals surface area contributed by atoms with Crippen molar-refractivity contribution in [3.63, 3.8) is 0 Å². The minimum Gasteiger partial charge on any atom is -0.370 e. The van der Waals surface area contributed by atoms with Crippen LogP contribution in [0.4, 0.5) is 0 Å². The van der Waals surface area contributed by atoms with Crippen molar-refractivity contribution in [1.82, 2.24) is 9.97 Å². The summed E-state index contributed by atoms with van der Waals surface area (Å²) in [5, 5.41) is 0. The van der Waals surface area contributed by atoms with Crippen molar-refractivity contribution >= 4 is 10.1 Å². The van der Waals surface area contributed by atoms with Crippen LogP contribution in [0.2, 0.25) is 0 Å². The molecule has 1 saturated heterocycles. The number of hydrogen-bond donors (Lipinski definition) is 0. The van der Waals surface area contributed by atoms with E-state index in [1.54, 1.807) is 12.3 Å². The van der Waals surface area contributed by atoms with Crippen LogP contribution in [-0.2, 0) is 25.6 Å². The first-order chi connectivity index (χ1) is 8.54. The Labute approximate surface area is 106 Å². The van der Waals surface area contributed by atoms with Gasteiger partial charge in [0.1, 0.15) is 12.7 Å². The van der Waals surface area contributed by atoms with E-state index in [0.29, 0.717) is 11.5 Å². The average Bonchev–Trinajstić information content (AvgIpc) is 2.37. The van der Waals surface area contributed by atoms with E-state index >= 15 is 0 Å². The molecule has 1 fully saturated rings. The topological polar surface area (TPSA) is 78.4 Å². The van der Waals surface area contributed by atoms with Crippen LogP contribution in [0.15, 0.2) is 12.3 Å². The molecule has 7 heteroatoms. The van der Waals surface area contributed by atoms with Crippen LogP contribution in [0.5, 0.6) is 0 Å². The van der Waals surface area contributed by atoms with Gasteiger partial charge in [0, 0.05) is 12.8 Å². The van der Waals surface area contributed by atoms with E-state index in [1.165, 1.54) is 0 Å². The lowest BCUT2D eigenvalue weighted by atomic mass is 10.1. The van der Waals surface area contributed by atoms with Gasteiger partial charge in [-0.3, -0.25) is 4.18 Å². The Morgan fingerprint density at radius 3 is 3.00 bits per heavy atom. The zero-order valence-corrected chi connectivity index (χ0v) is 11.0. The summed E-state index contributed by atoms with van der Waals surface area (Å²) in [6.45, 7) is 0.652. The van der Waals surface area contributed by atoms with Gasteiger partial charge in [0.15, 0.2) is 5.82 Å². The first kappa shape index (κ1) is 13.4. The first-order valence-corrected chi connectivity index (χ1v) is 7.64. The predicted octanol–water partition coefficient (Wildman–Crippen LogP) is 1.19. The molecule has 0 spiro atoms. The van der Waals surface area contributed by atoms with Crippen molar-refractivity contribution in [3.8, 4) is 0 Å². The highest BCUT2D eigenvalue weighted by Crippen LogP contribution is 2.25. The van der Waals surface area contributed by atoms with Crippen molar-refractivity contribution in [2.75, 3.05) is 12.9 Å². The molecule has 6 nitrogen and oxygen atoms in total. The maximum Gasteiger partial charge on any atom is 0.264 e. The summed E-state index contributed by atoms with van der Waals surface area (Å²) < 4.78 is 32.1. The standard InChI is InChI=1S/C11H16N2O4S/c1-18(14,15)17-8-9-5-6-12-11(13-9)10-4-2-3-7-16-10/h5-6,10H,2-4,7-8H2,1H3/t10-/m1/s1. The molecular weight excluding hydrogens is 256 g/mol. The van der Waals surface area contributed by atoms with Crippen molar-refractivity contribution < 1.29 is 17.3 Å². The Morgan fingerprint density at radius 1 is 1.50 bits per heavy atom. The fourth-order valence-corrected chi connectivity index (χ4v) is 2.10. The lowest BCUT2D eigenvalue weighted by molar-refractivity contribution is 0.00921. The molecule has 1 aliphatic heterocycles. The summed E-state index contributed by atoms with van der Waals surface area (Å²) in [5.41, 5.74) is 0.541. The minimum absolute atomic E-state index is 0.0684. The van der Waals surface area contributed by atoms with Crippen LogP contribution < -0.4 is 0 Å². The van der Waals surface area contributed by atoms with E-state index in [1.807, 2.05) is 0 Å². The molecule has 0 unspecified atom stereocenters. The van der Waals surface area contributed by atoms with Crippen molar-refractivity contribution in [2.45, 2.75) is 32.0 Å². The summed E-state index contributed by atoms with van der Waals surface area (Å²) in [6.07, 6.45) is 5.58. The van der Waals surface area contributed by atoms with E-state index in [9.17, 15) is 8.42 Å². The fourth-order valence-electron chi connectivity index (χ4n) is 1.76. The summed E-state index contributed by atoms with van der Waals surface area (Å²) in [4.78, 5) is 8.44. The van der Waals surface area contributed by atoms with Crippen LogP contribution in [0, 0.1) is 0 Å². The van der Waals surface area contributed by atoms with Crippen molar-refractivity contribution in [3.05, 3.63) is 23.8 Å². The predicted molar refractivity (Wildman–Crippen MR) is 64.2 cm³/mol. The third-order valence-corrected chi connectivity index (χ3v) is 3.17. The molecule has 0 aliphatic carbocycles. The highest BCUT2D eigenvalue weighted by Gasteiger charge is 2.19. The largest absolute Gasteiger partial charge is 0.370 e. The average molecular weight is 272 g/mol. The molecule has 0 bridgehead atoms. The van der Waals surface area contributed by atoms with E-state index in [-0.39, 0.29) is 12.7 Å². The van der Waals surface area contributed by atoms with Crippen LogP contribution in [-0.4, -0.2) is 31.2 Å². The monoisotopic (exact) mass is 272 g/mol. The molecule has 18 heavy (non-hydrogen) atoms. The highest BCUT2D eigenvalue weighted by molar-refractivity contribution is 7.85. The zero-order valence-electron chi connectivity index (χ0n) is 10.2. The SMILES string of the molecule is CS(=O)(=O)OCc1ccnc([C@H]2CCCCO2)n1. The van der Waals surface area contributed by atoms with E-state index < -0.39 is 10.1 Å². The minimum atomic E-state index is -3.45. The van der Waals surface area contributed by atoms with Crippen LogP contribution >= 0.6 is 0 Å². The van der Waals surface area contributed by atoms with Gasteiger partial charge in [-0.2, -0.15) is 8.42 Å². The zero-order chi connectivity index (χ0) is 13.0. The molecule has 0 saturated carbocycles. The van der Waals surface area contributed by atoms with Crippen molar-refractivity contribution in [2.24, 2.45) is 0 Å². The van der Waals surface area contributed by atoms with Gasteiger partial charge in [-0.25, -0.2) is 9.97 Å². The second kappa shape index (κ2) is 5.73. The third kappa shape index (κ3) is 4.01. The molecule has 1 aromatic rings. The van der Waals surface area contributed by atoms with Gasteiger partial charge < -0.3 is 4.74 Å². The molecule has 1 aliphatic rings. The van der Waals surface area contributed by atoms with E-state index in [4.69, 9.17) is 8.92 Å². The second-order valence-electron chi connectivity index (χ2n) is 4.23. The molecule has 0 radical (unpaired) electrons. The number of nitrogens with zero attached hydrogens (tertiary/aromatic N) is 2. The normalized spacial score (nSPS) is 20.8. The van der Waals surface area contributed by atoms with E-state index in [2.05, 4.69) is 9.97 Å². The first-order valence-electron chi connectivity index (χ1n) is 5.82. The highest BCUT2D eigenvalue weighted by atomic mass is 32.2. The maximum absolute atomic E-state index is 10.9. The molecular formula is C11H16N2O4S. The molecule has 1 atom stereocenters. The van der Waals surface area contributed by atoms with Crippen LogP contribution in [0.1, 0.15) is 36.9 Å². The Bertz CT molecular complexity index is 498. The molecule has 0 amide bonds. The Balaban J connectivity index is 2.04. The van der Waals surface area contributed by atoms with E-state index in [0.717, 1.165) is 32.1 Å². The number of rotatable bonds is 4. The van der Waals surface area contributed by atoms with Crippen LogP contribution in [0.3, 0.4) is 0 Å². The van der Waals surface area contributed by atoms with Gasteiger partial charge in [0.2, 0.25) is 0 Å². The Hall–Kier alpha value is -1.05. The molecule has 100 valence electrons. The summed E-state index contributed by atoms with van der Waals surface area (Å²) >= 11 is 0. The smallest absolute Gasteiger partial charge is 0.264 e. The molecule has 0 aromatic carbocycles. The molecule has 2 rings (SSSR count). The molecule has 0 N–H and O–H groups in total. The van der Waals surface area contributed by atoms with Crippen molar-refractivity contribution in [1.29, 1.82) is 0 Å². The molecule has 2 heterocycles.